The summed E-state index contributed by atoms with van der Waals surface area (Å²) < 4.78 is 6.59. The van der Waals surface area contributed by atoms with E-state index in [1.165, 1.54) is 0 Å². The fourth-order valence-corrected chi connectivity index (χ4v) is 7.88. The van der Waals surface area contributed by atoms with Crippen LogP contribution in [0.1, 0.15) is 48.4 Å². The number of aryl methyl sites for hydroxylation is 1. The minimum Gasteiger partial charge on any atom is -0.504 e. The lowest BCUT2D eigenvalue weighted by molar-refractivity contribution is -0.224. The fourth-order valence-electron chi connectivity index (χ4n) is 7.88. The molecule has 6 rings (SSSR count). The molecule has 1 amide bonds. The van der Waals surface area contributed by atoms with Crippen LogP contribution in [0.25, 0.3) is 0 Å². The topological polar surface area (TPSA) is 73.2 Å². The van der Waals surface area contributed by atoms with Gasteiger partial charge in [-0.2, -0.15) is 0 Å². The SMILES string of the molecule is CC[C@H]1C[C@@H](N(C)C(=O)C#Cc2cccc(C)c2)[C@@H]2Oc3c(O)ccc4c3[C@@]23CCN(C)[C@H](C4)[C@]13O. The summed E-state index contributed by atoms with van der Waals surface area (Å²) in [5.41, 5.74) is 2.34. The highest BCUT2D eigenvalue weighted by Gasteiger charge is 2.75. The number of likely N-dealkylation sites (tertiary alicyclic amines) is 1. The summed E-state index contributed by atoms with van der Waals surface area (Å²) in [6.45, 7) is 4.96. The molecule has 2 heterocycles. The standard InChI is InChI=1S/C30H34N2O4/c1-5-21-17-22(32(4)25(34)12-9-19-8-6-7-18(2)15-19)28-29-13-14-31(3)24(30(21,29)35)16-20-10-11-23(33)27(36-28)26(20)29/h6-8,10-11,15,21-22,24,28,33,35H,5,13-14,16-17H2,1-4H3/t21-,22+,24+,28-,29-,30+/m0/s1. The van der Waals surface area contributed by atoms with Crippen molar-refractivity contribution in [2.75, 3.05) is 20.6 Å². The number of aliphatic hydroxyl groups is 1. The summed E-state index contributed by atoms with van der Waals surface area (Å²) >= 11 is 0. The van der Waals surface area contributed by atoms with Gasteiger partial charge in [0, 0.05) is 30.1 Å². The zero-order chi connectivity index (χ0) is 25.4. The third kappa shape index (κ3) is 2.90. The number of benzene rings is 2. The summed E-state index contributed by atoms with van der Waals surface area (Å²) in [5.74, 6) is 6.18. The van der Waals surface area contributed by atoms with Crippen LogP contribution in [-0.2, 0) is 16.6 Å². The third-order valence-electron chi connectivity index (χ3n) is 9.57. The van der Waals surface area contributed by atoms with Crippen molar-refractivity contribution in [1.82, 2.24) is 9.80 Å². The predicted octanol–water partition coefficient (Wildman–Crippen LogP) is 3.00. The number of nitrogens with zero attached hydrogens (tertiary/aromatic N) is 2. The number of aromatic hydroxyl groups is 1. The summed E-state index contributed by atoms with van der Waals surface area (Å²) in [7, 11) is 3.90. The van der Waals surface area contributed by atoms with Crippen LogP contribution in [0.15, 0.2) is 36.4 Å². The Bertz CT molecular complexity index is 1310. The number of hydrogen-bond donors (Lipinski definition) is 2. The third-order valence-corrected chi connectivity index (χ3v) is 9.57. The van der Waals surface area contributed by atoms with E-state index in [2.05, 4.69) is 30.7 Å². The number of amides is 1. The zero-order valence-corrected chi connectivity index (χ0v) is 21.4. The van der Waals surface area contributed by atoms with E-state index in [1.807, 2.05) is 37.3 Å². The van der Waals surface area contributed by atoms with E-state index in [0.717, 1.165) is 41.6 Å². The molecule has 6 nitrogen and oxygen atoms in total. The van der Waals surface area contributed by atoms with Crippen molar-refractivity contribution < 1.29 is 19.7 Å². The second-order valence-corrected chi connectivity index (χ2v) is 11.2. The lowest BCUT2D eigenvalue weighted by atomic mass is 9.45. The molecule has 188 valence electrons. The molecule has 0 unspecified atom stereocenters. The number of hydrogen-bond acceptors (Lipinski definition) is 5. The van der Waals surface area contributed by atoms with Crippen LogP contribution in [0.4, 0.5) is 0 Å². The van der Waals surface area contributed by atoms with Crippen molar-refractivity contribution in [3.05, 3.63) is 58.7 Å². The molecule has 36 heavy (non-hydrogen) atoms. The minimum atomic E-state index is -1.00. The summed E-state index contributed by atoms with van der Waals surface area (Å²) in [6, 6.07) is 11.2. The van der Waals surface area contributed by atoms with Gasteiger partial charge in [-0.25, -0.2) is 0 Å². The number of rotatable bonds is 2. The summed E-state index contributed by atoms with van der Waals surface area (Å²) in [5, 5.41) is 23.5. The van der Waals surface area contributed by atoms with Gasteiger partial charge < -0.3 is 24.7 Å². The molecule has 2 N–H and O–H groups in total. The lowest BCUT2D eigenvalue weighted by Crippen LogP contribution is -2.80. The fraction of sp³-hybridized carbons (Fsp3) is 0.500. The van der Waals surface area contributed by atoms with Crippen LogP contribution in [-0.4, -0.2) is 70.3 Å². The molecule has 6 heteroatoms. The molecule has 1 saturated carbocycles. The van der Waals surface area contributed by atoms with Crippen molar-refractivity contribution in [3.8, 4) is 23.3 Å². The van der Waals surface area contributed by atoms with Crippen molar-refractivity contribution in [1.29, 1.82) is 0 Å². The van der Waals surface area contributed by atoms with E-state index in [9.17, 15) is 15.0 Å². The van der Waals surface area contributed by atoms with Crippen LogP contribution in [0, 0.1) is 24.7 Å². The van der Waals surface area contributed by atoms with E-state index < -0.39 is 17.1 Å². The van der Waals surface area contributed by atoms with Crippen LogP contribution in [0.2, 0.25) is 0 Å². The van der Waals surface area contributed by atoms with Gasteiger partial charge in [0.1, 0.15) is 6.10 Å². The first-order valence-corrected chi connectivity index (χ1v) is 13.0. The highest BCUT2D eigenvalue weighted by atomic mass is 16.5. The molecule has 2 fully saturated rings. The van der Waals surface area contributed by atoms with E-state index in [1.54, 1.807) is 18.0 Å². The molecule has 2 aromatic rings. The monoisotopic (exact) mass is 486 g/mol. The smallest absolute Gasteiger partial charge is 0.298 e. The average molecular weight is 487 g/mol. The maximum absolute atomic E-state index is 13.4. The molecule has 0 radical (unpaired) electrons. The molecule has 2 aromatic carbocycles. The molecular weight excluding hydrogens is 452 g/mol. The maximum Gasteiger partial charge on any atom is 0.298 e. The Morgan fingerprint density at radius 1 is 1.31 bits per heavy atom. The Morgan fingerprint density at radius 3 is 2.86 bits per heavy atom. The zero-order valence-electron chi connectivity index (χ0n) is 21.4. The molecule has 1 saturated heterocycles. The van der Waals surface area contributed by atoms with Crippen molar-refractivity contribution >= 4 is 5.91 Å². The Hall–Kier alpha value is -3.01. The first kappa shape index (κ1) is 23.4. The molecule has 1 spiro atoms. The van der Waals surface area contributed by atoms with Gasteiger partial charge in [0.05, 0.1) is 17.1 Å². The summed E-state index contributed by atoms with van der Waals surface area (Å²) in [4.78, 5) is 17.4. The van der Waals surface area contributed by atoms with Gasteiger partial charge in [0.15, 0.2) is 11.5 Å². The minimum absolute atomic E-state index is 0.0171. The molecule has 0 aromatic heterocycles. The van der Waals surface area contributed by atoms with E-state index in [-0.39, 0.29) is 29.7 Å². The molecule has 2 bridgehead atoms. The van der Waals surface area contributed by atoms with Crippen molar-refractivity contribution in [3.63, 3.8) is 0 Å². The van der Waals surface area contributed by atoms with Gasteiger partial charge in [0.2, 0.25) is 0 Å². The Labute approximate surface area is 212 Å². The van der Waals surface area contributed by atoms with Gasteiger partial charge in [-0.05, 0) is 75.0 Å². The predicted molar refractivity (Wildman–Crippen MR) is 137 cm³/mol. The van der Waals surface area contributed by atoms with Gasteiger partial charge in [-0.15, -0.1) is 0 Å². The highest BCUT2D eigenvalue weighted by Crippen LogP contribution is 2.67. The van der Waals surface area contributed by atoms with E-state index in [4.69, 9.17) is 4.74 Å². The first-order valence-electron chi connectivity index (χ1n) is 13.0. The van der Waals surface area contributed by atoms with Crippen molar-refractivity contribution in [2.24, 2.45) is 5.92 Å². The van der Waals surface area contributed by atoms with Crippen LogP contribution in [0.5, 0.6) is 11.5 Å². The highest BCUT2D eigenvalue weighted by molar-refractivity contribution is 5.94. The van der Waals surface area contributed by atoms with Crippen molar-refractivity contribution in [2.45, 2.75) is 68.7 Å². The number of carbonyl (C=O) groups is 1. The Kier molecular flexibility index (Phi) is 5.19. The second-order valence-electron chi connectivity index (χ2n) is 11.2. The number of likely N-dealkylation sites (N-methyl/N-ethyl adjacent to an activating group) is 2. The number of piperidine rings is 1. The van der Waals surface area contributed by atoms with Crippen LogP contribution < -0.4 is 4.74 Å². The second kappa shape index (κ2) is 7.99. The summed E-state index contributed by atoms with van der Waals surface area (Å²) in [6.07, 6.45) is 2.42. The van der Waals surface area contributed by atoms with Gasteiger partial charge >= 0.3 is 0 Å². The number of ether oxygens (including phenoxy) is 1. The average Bonchev–Trinajstić information content (AvgIpc) is 3.21. The number of phenols is 1. The molecule has 6 atom stereocenters. The van der Waals surface area contributed by atoms with Gasteiger partial charge in [-0.1, -0.05) is 37.5 Å². The van der Waals surface area contributed by atoms with E-state index in [0.29, 0.717) is 18.6 Å². The van der Waals surface area contributed by atoms with Gasteiger partial charge in [-0.3, -0.25) is 4.79 Å². The Morgan fingerprint density at radius 2 is 2.11 bits per heavy atom. The van der Waals surface area contributed by atoms with E-state index >= 15 is 0 Å². The van der Waals surface area contributed by atoms with Gasteiger partial charge in [0.25, 0.3) is 5.91 Å². The molecule has 4 aliphatic rings. The maximum atomic E-state index is 13.4. The van der Waals surface area contributed by atoms with Crippen LogP contribution in [0.3, 0.4) is 0 Å². The number of phenolic OH excluding ortho intramolecular Hbond substituents is 1. The number of carbonyl (C=O) groups excluding carboxylic acids is 1. The molecule has 2 aliphatic carbocycles. The molecular formula is C30H34N2O4. The molecule has 2 aliphatic heterocycles. The normalized spacial score (nSPS) is 33.7. The Balaban J connectivity index is 1.44. The quantitative estimate of drug-likeness (QED) is 0.639. The largest absolute Gasteiger partial charge is 0.504 e. The van der Waals surface area contributed by atoms with Crippen LogP contribution >= 0.6 is 0 Å². The first-order chi connectivity index (χ1) is 17.2. The lowest BCUT2D eigenvalue weighted by Gasteiger charge is -2.66.